The molecule has 0 saturated carbocycles. The van der Waals surface area contributed by atoms with Gasteiger partial charge in [-0.15, -0.1) is 0 Å². The van der Waals surface area contributed by atoms with Crippen LogP contribution in [0.4, 0.5) is 0 Å². The van der Waals surface area contributed by atoms with Gasteiger partial charge in [0.25, 0.3) is 0 Å². The second kappa shape index (κ2) is 4.27. The van der Waals surface area contributed by atoms with Crippen LogP contribution in [0, 0.1) is 11.3 Å². The molecular weight excluding hydrogens is 296 g/mol. The van der Waals surface area contributed by atoms with Crippen LogP contribution in [0.2, 0.25) is 0 Å². The minimum absolute atomic E-state index is 0.00900. The van der Waals surface area contributed by atoms with E-state index < -0.39 is 15.6 Å². The summed E-state index contributed by atoms with van der Waals surface area (Å²) in [4.78, 5) is 12.0. The number of rotatable bonds is 3. The molecule has 0 bridgehead atoms. The second-order valence-corrected chi connectivity index (χ2v) is 7.41. The van der Waals surface area contributed by atoms with Crippen LogP contribution in [0.15, 0.2) is 0 Å². The lowest BCUT2D eigenvalue weighted by atomic mass is 9.83. The van der Waals surface area contributed by atoms with Crippen LogP contribution in [0.25, 0.3) is 0 Å². The van der Waals surface area contributed by atoms with Crippen molar-refractivity contribution in [3.63, 3.8) is 0 Å². The fourth-order valence-electron chi connectivity index (χ4n) is 1.65. The highest BCUT2D eigenvalue weighted by Crippen LogP contribution is 2.39. The Morgan fingerprint density at radius 3 is 2.31 bits per heavy atom. The molecule has 1 atom stereocenters. The predicted octanol–water partition coefficient (Wildman–Crippen LogP) is 0.672. The Bertz CT molecular complexity index is 392. The van der Waals surface area contributed by atoms with E-state index in [0.717, 1.165) is 8.61 Å². The summed E-state index contributed by atoms with van der Waals surface area (Å²) in [6.07, 6.45) is 0. The Morgan fingerprint density at radius 2 is 2.00 bits per heavy atom. The highest BCUT2D eigenvalue weighted by Gasteiger charge is 2.51. The lowest BCUT2D eigenvalue weighted by Crippen LogP contribution is -2.42. The molecule has 1 amide bonds. The molecule has 0 aromatic carbocycles. The van der Waals surface area contributed by atoms with Gasteiger partial charge in [0.2, 0.25) is 5.91 Å². The number of carbonyl (C=O) groups is 1. The standard InChI is InChI=1S/C9H17BrN2O3S/c1-9(2)7(5-10)6-12(8(9)13)16(14,15)11(3)4/h7H,5-6H2,1-4H3. The van der Waals surface area contributed by atoms with Gasteiger partial charge in [-0.3, -0.25) is 4.79 Å². The maximum absolute atomic E-state index is 12.0. The molecule has 7 heteroatoms. The van der Waals surface area contributed by atoms with Gasteiger partial charge in [0.05, 0.1) is 5.41 Å². The number of carbonyl (C=O) groups excluding carboxylic acids is 1. The van der Waals surface area contributed by atoms with Crippen molar-refractivity contribution in [2.45, 2.75) is 13.8 Å². The molecule has 1 aliphatic heterocycles. The average molecular weight is 313 g/mol. The van der Waals surface area contributed by atoms with Gasteiger partial charge in [0.1, 0.15) is 0 Å². The smallest absolute Gasteiger partial charge is 0.273 e. The van der Waals surface area contributed by atoms with Gasteiger partial charge >= 0.3 is 10.2 Å². The van der Waals surface area contributed by atoms with Crippen LogP contribution < -0.4 is 0 Å². The SMILES string of the molecule is CN(C)S(=O)(=O)N1CC(CBr)C(C)(C)C1=O. The second-order valence-electron chi connectivity index (χ2n) is 4.70. The Balaban J connectivity index is 3.10. The molecule has 16 heavy (non-hydrogen) atoms. The highest BCUT2D eigenvalue weighted by atomic mass is 79.9. The van der Waals surface area contributed by atoms with E-state index >= 15 is 0 Å². The third kappa shape index (κ3) is 2.00. The Kier molecular flexibility index (Phi) is 3.71. The topological polar surface area (TPSA) is 57.7 Å². The summed E-state index contributed by atoms with van der Waals surface area (Å²) in [6.45, 7) is 3.82. The van der Waals surface area contributed by atoms with E-state index in [1.54, 1.807) is 13.8 Å². The summed E-state index contributed by atoms with van der Waals surface area (Å²) in [5.41, 5.74) is -0.632. The van der Waals surface area contributed by atoms with Gasteiger partial charge < -0.3 is 0 Å². The predicted molar refractivity (Wildman–Crippen MR) is 65.4 cm³/mol. The number of halogens is 1. The van der Waals surface area contributed by atoms with E-state index in [1.165, 1.54) is 14.1 Å². The number of alkyl halides is 1. The zero-order valence-electron chi connectivity index (χ0n) is 9.90. The minimum atomic E-state index is -3.64. The molecule has 1 unspecified atom stereocenters. The van der Waals surface area contributed by atoms with Crippen LogP contribution in [0.3, 0.4) is 0 Å². The molecule has 0 aromatic heterocycles. The quantitative estimate of drug-likeness (QED) is 0.720. The van der Waals surface area contributed by atoms with E-state index in [1.807, 2.05) is 0 Å². The molecule has 1 fully saturated rings. The lowest BCUT2D eigenvalue weighted by Gasteiger charge is -2.23. The zero-order chi connectivity index (χ0) is 12.7. The van der Waals surface area contributed by atoms with Crippen molar-refractivity contribution < 1.29 is 13.2 Å². The molecule has 0 aromatic rings. The van der Waals surface area contributed by atoms with Crippen molar-refractivity contribution in [1.29, 1.82) is 0 Å². The van der Waals surface area contributed by atoms with Crippen molar-refractivity contribution in [1.82, 2.24) is 8.61 Å². The molecule has 1 heterocycles. The van der Waals surface area contributed by atoms with E-state index in [0.29, 0.717) is 5.33 Å². The van der Waals surface area contributed by atoms with Gasteiger partial charge in [-0.1, -0.05) is 29.8 Å². The monoisotopic (exact) mass is 312 g/mol. The maximum Gasteiger partial charge on any atom is 0.305 e. The van der Waals surface area contributed by atoms with Crippen molar-refractivity contribution in [2.24, 2.45) is 11.3 Å². The summed E-state index contributed by atoms with van der Waals surface area (Å²) in [5, 5.41) is 0.616. The zero-order valence-corrected chi connectivity index (χ0v) is 12.3. The Labute approximate surface area is 105 Å². The van der Waals surface area contributed by atoms with Crippen LogP contribution in [-0.4, -0.2) is 48.9 Å². The largest absolute Gasteiger partial charge is 0.305 e. The van der Waals surface area contributed by atoms with Crippen LogP contribution in [0.5, 0.6) is 0 Å². The van der Waals surface area contributed by atoms with E-state index in [2.05, 4.69) is 15.9 Å². The van der Waals surface area contributed by atoms with Crippen LogP contribution in [-0.2, 0) is 15.0 Å². The minimum Gasteiger partial charge on any atom is -0.273 e. The van der Waals surface area contributed by atoms with Crippen molar-refractivity contribution in [3.8, 4) is 0 Å². The van der Waals surface area contributed by atoms with Gasteiger partial charge in [0.15, 0.2) is 0 Å². The van der Waals surface area contributed by atoms with Gasteiger partial charge in [-0.05, 0) is 0 Å². The van der Waals surface area contributed by atoms with Crippen LogP contribution >= 0.6 is 15.9 Å². The molecule has 1 rings (SSSR count). The fourth-order valence-corrected chi connectivity index (χ4v) is 3.87. The first-order chi connectivity index (χ1) is 7.15. The first-order valence-corrected chi connectivity index (χ1v) is 7.48. The highest BCUT2D eigenvalue weighted by molar-refractivity contribution is 9.09. The molecular formula is C9H17BrN2O3S. The summed E-state index contributed by atoms with van der Waals surface area (Å²) in [5.74, 6) is -0.319. The first-order valence-electron chi connectivity index (χ1n) is 4.96. The van der Waals surface area contributed by atoms with E-state index in [9.17, 15) is 13.2 Å². The van der Waals surface area contributed by atoms with Gasteiger partial charge in [-0.25, -0.2) is 4.31 Å². The Hall–Kier alpha value is -0.140. The molecule has 0 spiro atoms. The summed E-state index contributed by atoms with van der Waals surface area (Å²) in [7, 11) is -0.788. The summed E-state index contributed by atoms with van der Waals surface area (Å²) >= 11 is 3.32. The third-order valence-corrected chi connectivity index (χ3v) is 5.69. The number of hydrogen-bond acceptors (Lipinski definition) is 3. The number of nitrogens with zero attached hydrogens (tertiary/aromatic N) is 2. The van der Waals surface area contributed by atoms with Gasteiger partial charge in [0, 0.05) is 31.9 Å². The molecule has 5 nitrogen and oxygen atoms in total. The van der Waals surface area contributed by atoms with Crippen molar-refractivity contribution in [3.05, 3.63) is 0 Å². The summed E-state index contributed by atoms with van der Waals surface area (Å²) < 4.78 is 25.9. The van der Waals surface area contributed by atoms with E-state index in [-0.39, 0.29) is 18.4 Å². The number of amides is 1. The van der Waals surface area contributed by atoms with Crippen LogP contribution in [0.1, 0.15) is 13.8 Å². The maximum atomic E-state index is 12.0. The van der Waals surface area contributed by atoms with Crippen molar-refractivity contribution >= 4 is 32.0 Å². The number of hydrogen-bond donors (Lipinski definition) is 0. The molecule has 1 aliphatic rings. The average Bonchev–Trinajstić information content (AvgIpc) is 2.39. The first kappa shape index (κ1) is 13.9. The van der Waals surface area contributed by atoms with Crippen molar-refractivity contribution in [2.75, 3.05) is 26.0 Å². The molecule has 0 aliphatic carbocycles. The van der Waals surface area contributed by atoms with E-state index in [4.69, 9.17) is 0 Å². The fraction of sp³-hybridized carbons (Fsp3) is 0.889. The summed E-state index contributed by atoms with van der Waals surface area (Å²) in [6, 6.07) is 0. The molecule has 94 valence electrons. The molecule has 0 radical (unpaired) electrons. The lowest BCUT2D eigenvalue weighted by molar-refractivity contribution is -0.131. The van der Waals surface area contributed by atoms with Gasteiger partial charge in [-0.2, -0.15) is 12.7 Å². The molecule has 1 saturated heterocycles. The third-order valence-electron chi connectivity index (χ3n) is 3.11. The Morgan fingerprint density at radius 1 is 1.50 bits per heavy atom. The normalized spacial score (nSPS) is 25.5. The molecule has 0 N–H and O–H groups in total.